The lowest BCUT2D eigenvalue weighted by molar-refractivity contribution is -0.141. The van der Waals surface area contributed by atoms with Gasteiger partial charge < -0.3 is 15.7 Å². The van der Waals surface area contributed by atoms with Crippen molar-refractivity contribution < 1.29 is 14.7 Å². The molecule has 106 valence electrons. The van der Waals surface area contributed by atoms with Gasteiger partial charge in [0.25, 0.3) is 0 Å². The molecule has 0 aromatic carbocycles. The number of carbonyl (C=O) groups excluding carboxylic acids is 1. The standard InChI is InChI=1S/C12H19N3O3S/c1-7-6-19-8(14-7)5-13-11(18)15-9(10(16)17)12(2,3)4/h6,9H,5H2,1-4H3,(H,16,17)(H2,13,15,18)/t9-/m0/s1. The van der Waals surface area contributed by atoms with Crippen LogP contribution in [0.4, 0.5) is 4.79 Å². The Balaban J connectivity index is 2.52. The van der Waals surface area contributed by atoms with Crippen molar-refractivity contribution in [3.8, 4) is 0 Å². The highest BCUT2D eigenvalue weighted by Crippen LogP contribution is 2.19. The summed E-state index contributed by atoms with van der Waals surface area (Å²) in [5, 5.41) is 16.8. The number of nitrogens with zero attached hydrogens (tertiary/aromatic N) is 1. The molecule has 0 saturated carbocycles. The number of thiazole rings is 1. The van der Waals surface area contributed by atoms with E-state index in [9.17, 15) is 9.59 Å². The quantitative estimate of drug-likeness (QED) is 0.786. The van der Waals surface area contributed by atoms with Gasteiger partial charge in [0.1, 0.15) is 11.0 Å². The average molecular weight is 285 g/mol. The van der Waals surface area contributed by atoms with Gasteiger partial charge in [0.2, 0.25) is 0 Å². The Morgan fingerprint density at radius 3 is 2.53 bits per heavy atom. The highest BCUT2D eigenvalue weighted by molar-refractivity contribution is 7.09. The molecule has 1 rings (SSSR count). The minimum atomic E-state index is -1.05. The van der Waals surface area contributed by atoms with Crippen LogP contribution in [0, 0.1) is 12.3 Å². The summed E-state index contributed by atoms with van der Waals surface area (Å²) in [6.45, 7) is 7.45. The van der Waals surface area contributed by atoms with Gasteiger partial charge in [-0.1, -0.05) is 20.8 Å². The highest BCUT2D eigenvalue weighted by Gasteiger charge is 2.32. The van der Waals surface area contributed by atoms with Crippen LogP contribution in [0.15, 0.2) is 5.38 Å². The lowest BCUT2D eigenvalue weighted by Gasteiger charge is -2.27. The van der Waals surface area contributed by atoms with E-state index >= 15 is 0 Å². The number of carboxylic acids is 1. The number of hydrogen-bond donors (Lipinski definition) is 3. The number of amides is 2. The molecule has 1 aromatic heterocycles. The summed E-state index contributed by atoms with van der Waals surface area (Å²) >= 11 is 1.45. The fourth-order valence-electron chi connectivity index (χ4n) is 1.47. The third kappa shape index (κ3) is 4.86. The second kappa shape index (κ2) is 6.01. The predicted octanol–water partition coefficient (Wildman–Crippen LogP) is 1.75. The van der Waals surface area contributed by atoms with Gasteiger partial charge in [0.05, 0.1) is 6.54 Å². The Bertz CT molecular complexity index is 465. The molecular weight excluding hydrogens is 266 g/mol. The number of carboxylic acid groups (broad SMARTS) is 1. The second-order valence-corrected chi connectivity index (χ2v) is 6.29. The minimum Gasteiger partial charge on any atom is -0.480 e. The number of aliphatic carboxylic acids is 1. The molecule has 0 saturated heterocycles. The summed E-state index contributed by atoms with van der Waals surface area (Å²) in [5.41, 5.74) is 0.348. The van der Waals surface area contributed by atoms with E-state index in [1.54, 1.807) is 20.8 Å². The van der Waals surface area contributed by atoms with Crippen molar-refractivity contribution in [2.24, 2.45) is 5.41 Å². The van der Waals surface area contributed by atoms with Gasteiger partial charge in [-0.15, -0.1) is 11.3 Å². The molecule has 0 bridgehead atoms. The molecule has 0 radical (unpaired) electrons. The number of nitrogens with one attached hydrogen (secondary N) is 2. The van der Waals surface area contributed by atoms with Crippen LogP contribution >= 0.6 is 11.3 Å². The Morgan fingerprint density at radius 2 is 2.11 bits per heavy atom. The van der Waals surface area contributed by atoms with Crippen molar-refractivity contribution in [2.75, 3.05) is 0 Å². The summed E-state index contributed by atoms with van der Waals surface area (Å²) < 4.78 is 0. The summed E-state index contributed by atoms with van der Waals surface area (Å²) in [5.74, 6) is -1.05. The monoisotopic (exact) mass is 285 g/mol. The Morgan fingerprint density at radius 1 is 1.47 bits per heavy atom. The smallest absolute Gasteiger partial charge is 0.326 e. The molecule has 2 amide bonds. The molecule has 0 fully saturated rings. The number of rotatable bonds is 4. The van der Waals surface area contributed by atoms with Crippen LogP contribution in [0.1, 0.15) is 31.5 Å². The van der Waals surface area contributed by atoms with Crippen molar-refractivity contribution in [1.29, 1.82) is 0 Å². The fourth-order valence-corrected chi connectivity index (χ4v) is 2.18. The molecule has 7 heteroatoms. The lowest BCUT2D eigenvalue weighted by atomic mass is 9.87. The topological polar surface area (TPSA) is 91.3 Å². The van der Waals surface area contributed by atoms with E-state index in [-0.39, 0.29) is 0 Å². The second-order valence-electron chi connectivity index (χ2n) is 5.35. The zero-order valence-electron chi connectivity index (χ0n) is 11.5. The molecule has 1 heterocycles. The van der Waals surface area contributed by atoms with Crippen LogP contribution < -0.4 is 10.6 Å². The van der Waals surface area contributed by atoms with Crippen molar-refractivity contribution >= 4 is 23.3 Å². The first-order chi connectivity index (χ1) is 8.70. The van der Waals surface area contributed by atoms with Gasteiger partial charge >= 0.3 is 12.0 Å². The maximum absolute atomic E-state index is 11.7. The van der Waals surface area contributed by atoms with Crippen LogP contribution in [-0.2, 0) is 11.3 Å². The molecule has 0 unspecified atom stereocenters. The van der Waals surface area contributed by atoms with E-state index in [1.807, 2.05) is 12.3 Å². The van der Waals surface area contributed by atoms with Crippen LogP contribution in [0.2, 0.25) is 0 Å². The van der Waals surface area contributed by atoms with E-state index in [2.05, 4.69) is 15.6 Å². The summed E-state index contributed by atoms with van der Waals surface area (Å²) in [6, 6.07) is -1.44. The van der Waals surface area contributed by atoms with Crippen molar-refractivity contribution in [2.45, 2.75) is 40.3 Å². The third-order valence-corrected chi connectivity index (χ3v) is 3.42. The van der Waals surface area contributed by atoms with Crippen LogP contribution in [-0.4, -0.2) is 28.1 Å². The Kier molecular flexibility index (Phi) is 4.88. The van der Waals surface area contributed by atoms with E-state index in [0.717, 1.165) is 10.7 Å². The van der Waals surface area contributed by atoms with Gasteiger partial charge in [0.15, 0.2) is 0 Å². The maximum Gasteiger partial charge on any atom is 0.326 e. The van der Waals surface area contributed by atoms with Gasteiger partial charge in [-0.05, 0) is 12.3 Å². The maximum atomic E-state index is 11.7. The zero-order valence-corrected chi connectivity index (χ0v) is 12.3. The van der Waals surface area contributed by atoms with E-state index in [4.69, 9.17) is 5.11 Å². The highest BCUT2D eigenvalue weighted by atomic mass is 32.1. The molecule has 0 aliphatic rings. The first-order valence-corrected chi connectivity index (χ1v) is 6.76. The molecule has 1 atom stereocenters. The number of aromatic nitrogens is 1. The molecule has 6 nitrogen and oxygen atoms in total. The fraction of sp³-hybridized carbons (Fsp3) is 0.583. The summed E-state index contributed by atoms with van der Waals surface area (Å²) in [6.07, 6.45) is 0. The van der Waals surface area contributed by atoms with Crippen LogP contribution in [0.5, 0.6) is 0 Å². The van der Waals surface area contributed by atoms with Gasteiger partial charge in [-0.2, -0.15) is 0 Å². The number of carbonyl (C=O) groups is 2. The van der Waals surface area contributed by atoms with E-state index in [1.165, 1.54) is 11.3 Å². The number of urea groups is 1. The number of aryl methyl sites for hydroxylation is 1. The minimum absolute atomic E-state index is 0.292. The van der Waals surface area contributed by atoms with E-state index < -0.39 is 23.5 Å². The summed E-state index contributed by atoms with van der Waals surface area (Å²) in [4.78, 5) is 27.0. The lowest BCUT2D eigenvalue weighted by Crippen LogP contribution is -2.52. The first-order valence-electron chi connectivity index (χ1n) is 5.88. The molecule has 0 spiro atoms. The predicted molar refractivity (Wildman–Crippen MR) is 73.1 cm³/mol. The van der Waals surface area contributed by atoms with E-state index in [0.29, 0.717) is 6.54 Å². The third-order valence-electron chi connectivity index (χ3n) is 2.46. The SMILES string of the molecule is Cc1csc(CNC(=O)N[C@@H](C(=O)O)C(C)(C)C)n1. The Labute approximate surface area is 116 Å². The Hall–Kier alpha value is -1.63. The molecule has 1 aromatic rings. The van der Waals surface area contributed by atoms with Crippen LogP contribution in [0.25, 0.3) is 0 Å². The van der Waals surface area contributed by atoms with Gasteiger partial charge in [-0.3, -0.25) is 0 Å². The molecular formula is C12H19N3O3S. The van der Waals surface area contributed by atoms with Crippen LogP contribution in [0.3, 0.4) is 0 Å². The average Bonchev–Trinajstić information content (AvgIpc) is 2.67. The zero-order chi connectivity index (χ0) is 14.6. The van der Waals surface area contributed by atoms with Crippen molar-refractivity contribution in [3.05, 3.63) is 16.1 Å². The molecule has 19 heavy (non-hydrogen) atoms. The molecule has 3 N–H and O–H groups in total. The summed E-state index contributed by atoms with van der Waals surface area (Å²) in [7, 11) is 0. The normalized spacial score (nSPS) is 12.8. The first kappa shape index (κ1) is 15.4. The van der Waals surface area contributed by atoms with Crippen molar-refractivity contribution in [3.63, 3.8) is 0 Å². The number of hydrogen-bond acceptors (Lipinski definition) is 4. The molecule has 0 aliphatic heterocycles. The molecule has 0 aliphatic carbocycles. The van der Waals surface area contributed by atoms with Gasteiger partial charge in [0, 0.05) is 11.1 Å². The van der Waals surface area contributed by atoms with Gasteiger partial charge in [-0.25, -0.2) is 14.6 Å². The van der Waals surface area contributed by atoms with Crippen molar-refractivity contribution in [1.82, 2.24) is 15.6 Å². The largest absolute Gasteiger partial charge is 0.480 e.